The number of methoxy groups -OCH3 is 2. The van der Waals surface area contributed by atoms with Gasteiger partial charge in [0.05, 0.1) is 28.8 Å². The van der Waals surface area contributed by atoms with Gasteiger partial charge in [-0.25, -0.2) is 8.42 Å². The fourth-order valence-electron chi connectivity index (χ4n) is 4.15. The molecule has 1 saturated heterocycles. The third-order valence-corrected chi connectivity index (χ3v) is 9.12. The molecule has 4 rings (SSSR count). The van der Waals surface area contributed by atoms with Crippen LogP contribution in [0.1, 0.15) is 36.5 Å². The van der Waals surface area contributed by atoms with Crippen molar-refractivity contribution in [3.05, 3.63) is 52.8 Å². The number of thiazole rings is 1. The van der Waals surface area contributed by atoms with Crippen molar-refractivity contribution in [2.45, 2.75) is 43.7 Å². The summed E-state index contributed by atoms with van der Waals surface area (Å²) in [6, 6.07) is 11.7. The van der Waals surface area contributed by atoms with E-state index in [1.165, 1.54) is 35.6 Å². The Kier molecular flexibility index (Phi) is 7.51. The van der Waals surface area contributed by atoms with E-state index in [0.717, 1.165) is 35.2 Å². The molecular weight excluding hydrogens is 474 g/mol. The topological polar surface area (TPSA) is 90.2 Å². The predicted octanol–water partition coefficient (Wildman–Crippen LogP) is 3.66. The summed E-state index contributed by atoms with van der Waals surface area (Å²) in [5.74, 6) is 0.297. The Hall–Kier alpha value is -2.53. The number of nitrogens with zero attached hydrogens (tertiary/aromatic N) is 3. The second-order valence-corrected chi connectivity index (χ2v) is 11.2. The second-order valence-electron chi connectivity index (χ2n) is 8.26. The van der Waals surface area contributed by atoms with Crippen LogP contribution in [0, 0.1) is 0 Å². The van der Waals surface area contributed by atoms with Gasteiger partial charge in [0.25, 0.3) is 5.91 Å². The average Bonchev–Trinajstić information content (AvgIpc) is 3.18. The number of ether oxygens (including phenoxy) is 2. The Bertz CT molecular complexity index is 1340. The van der Waals surface area contributed by atoms with Crippen LogP contribution in [0.4, 0.5) is 0 Å². The van der Waals surface area contributed by atoms with Crippen LogP contribution in [0.25, 0.3) is 10.2 Å². The third-order valence-electron chi connectivity index (χ3n) is 6.06. The number of fused-ring (bicyclic) bond motifs is 1. The summed E-state index contributed by atoms with van der Waals surface area (Å²) in [7, 11) is -0.355. The molecule has 0 spiro atoms. The summed E-state index contributed by atoms with van der Waals surface area (Å²) in [6.45, 7) is 3.48. The SMILES string of the molecule is COCCn1c(=NC(=O)c2ccc(S(=O)(=O)N3CCCC[C@H]3C)cc2)sc2cc(OC)ccc21. The summed E-state index contributed by atoms with van der Waals surface area (Å²) in [5.41, 5.74) is 1.27. The van der Waals surface area contributed by atoms with E-state index in [0.29, 0.717) is 30.1 Å². The predicted molar refractivity (Wildman–Crippen MR) is 132 cm³/mol. The molecule has 0 N–H and O–H groups in total. The zero-order valence-electron chi connectivity index (χ0n) is 19.6. The number of rotatable bonds is 7. The van der Waals surface area contributed by atoms with E-state index >= 15 is 0 Å². The van der Waals surface area contributed by atoms with E-state index in [9.17, 15) is 13.2 Å². The maximum absolute atomic E-state index is 13.1. The molecule has 8 nitrogen and oxygen atoms in total. The summed E-state index contributed by atoms with van der Waals surface area (Å²) in [4.78, 5) is 18.1. The quantitative estimate of drug-likeness (QED) is 0.491. The first-order valence-corrected chi connectivity index (χ1v) is 13.5. The maximum Gasteiger partial charge on any atom is 0.279 e. The maximum atomic E-state index is 13.1. The van der Waals surface area contributed by atoms with E-state index in [-0.39, 0.29) is 10.9 Å². The molecule has 0 unspecified atom stereocenters. The van der Waals surface area contributed by atoms with Crippen molar-refractivity contribution >= 4 is 37.5 Å². The molecule has 2 heterocycles. The van der Waals surface area contributed by atoms with Gasteiger partial charge in [0.2, 0.25) is 10.0 Å². The first-order valence-electron chi connectivity index (χ1n) is 11.2. The molecular formula is C24H29N3O5S2. The number of carbonyl (C=O) groups is 1. The minimum absolute atomic E-state index is 0.0239. The summed E-state index contributed by atoms with van der Waals surface area (Å²) >= 11 is 1.39. The number of aromatic nitrogens is 1. The lowest BCUT2D eigenvalue weighted by Gasteiger charge is -2.32. The minimum Gasteiger partial charge on any atom is -0.497 e. The average molecular weight is 504 g/mol. The lowest BCUT2D eigenvalue weighted by Crippen LogP contribution is -2.41. The van der Waals surface area contributed by atoms with Crippen LogP contribution in [-0.4, -0.2) is 56.6 Å². The second kappa shape index (κ2) is 10.4. The number of benzene rings is 2. The van der Waals surface area contributed by atoms with Gasteiger partial charge in [0, 0.05) is 31.8 Å². The number of sulfonamides is 1. The van der Waals surface area contributed by atoms with Crippen molar-refractivity contribution in [3.8, 4) is 5.75 Å². The fraction of sp³-hybridized carbons (Fsp3) is 0.417. The smallest absolute Gasteiger partial charge is 0.279 e. The highest BCUT2D eigenvalue weighted by Gasteiger charge is 2.30. The van der Waals surface area contributed by atoms with Crippen LogP contribution in [-0.2, 0) is 21.3 Å². The number of carbonyl (C=O) groups excluding carboxylic acids is 1. The molecule has 1 aromatic heterocycles. The van der Waals surface area contributed by atoms with Gasteiger partial charge >= 0.3 is 0 Å². The van der Waals surface area contributed by atoms with Crippen LogP contribution in [0.3, 0.4) is 0 Å². The van der Waals surface area contributed by atoms with Crippen molar-refractivity contribution in [2.75, 3.05) is 27.4 Å². The number of amides is 1. The number of hydrogen-bond acceptors (Lipinski definition) is 6. The standard InChI is InChI=1S/C24H29N3O5S2/c1-17-6-4-5-13-27(17)34(29,30)20-10-7-18(8-11-20)23(28)25-24-26(14-15-31-2)21-12-9-19(32-3)16-22(21)33-24/h7-12,16-17H,4-6,13-15H2,1-3H3/t17-/m1/s1. The molecule has 0 aliphatic carbocycles. The van der Waals surface area contributed by atoms with Crippen molar-refractivity contribution in [2.24, 2.45) is 4.99 Å². The van der Waals surface area contributed by atoms with Crippen LogP contribution < -0.4 is 9.54 Å². The fourth-order valence-corrected chi connectivity index (χ4v) is 6.93. The highest BCUT2D eigenvalue weighted by molar-refractivity contribution is 7.89. The van der Waals surface area contributed by atoms with Gasteiger partial charge in [-0.1, -0.05) is 17.8 Å². The van der Waals surface area contributed by atoms with Crippen molar-refractivity contribution in [1.29, 1.82) is 0 Å². The van der Waals surface area contributed by atoms with E-state index < -0.39 is 15.9 Å². The Balaban J connectivity index is 1.65. The Morgan fingerprint density at radius 1 is 1.15 bits per heavy atom. The van der Waals surface area contributed by atoms with Gasteiger partial charge in [-0.3, -0.25) is 4.79 Å². The summed E-state index contributed by atoms with van der Waals surface area (Å²) in [5, 5.41) is 0. The Labute approximate surface area is 203 Å². The van der Waals surface area contributed by atoms with E-state index in [4.69, 9.17) is 9.47 Å². The zero-order chi connectivity index (χ0) is 24.3. The number of hydrogen-bond donors (Lipinski definition) is 0. The Morgan fingerprint density at radius 2 is 1.91 bits per heavy atom. The highest BCUT2D eigenvalue weighted by Crippen LogP contribution is 2.26. The van der Waals surface area contributed by atoms with Gasteiger partial charge in [-0.05, 0) is 62.2 Å². The van der Waals surface area contributed by atoms with Crippen molar-refractivity contribution in [1.82, 2.24) is 8.87 Å². The van der Waals surface area contributed by atoms with Gasteiger partial charge in [-0.15, -0.1) is 0 Å². The molecule has 0 radical (unpaired) electrons. The van der Waals surface area contributed by atoms with Gasteiger partial charge in [0.15, 0.2) is 4.80 Å². The summed E-state index contributed by atoms with van der Waals surface area (Å²) in [6.07, 6.45) is 2.76. The monoisotopic (exact) mass is 503 g/mol. The molecule has 2 aromatic carbocycles. The van der Waals surface area contributed by atoms with Crippen LogP contribution in [0.5, 0.6) is 5.75 Å². The van der Waals surface area contributed by atoms with Crippen LogP contribution in [0.15, 0.2) is 52.4 Å². The molecule has 1 aliphatic heterocycles. The molecule has 34 heavy (non-hydrogen) atoms. The lowest BCUT2D eigenvalue weighted by atomic mass is 10.1. The van der Waals surface area contributed by atoms with E-state index in [2.05, 4.69) is 4.99 Å². The Morgan fingerprint density at radius 3 is 2.59 bits per heavy atom. The molecule has 182 valence electrons. The third kappa shape index (κ3) is 4.95. The molecule has 1 aliphatic rings. The van der Waals surface area contributed by atoms with Crippen LogP contribution >= 0.6 is 11.3 Å². The normalized spacial score (nSPS) is 17.9. The van der Waals surface area contributed by atoms with Gasteiger partial charge in [-0.2, -0.15) is 9.30 Å². The molecule has 1 atom stereocenters. The first-order chi connectivity index (χ1) is 16.3. The summed E-state index contributed by atoms with van der Waals surface area (Å²) < 4.78 is 41.1. The van der Waals surface area contributed by atoms with E-state index in [1.54, 1.807) is 18.5 Å². The molecule has 1 amide bonds. The van der Waals surface area contributed by atoms with Gasteiger partial charge < -0.3 is 14.0 Å². The molecule has 3 aromatic rings. The lowest BCUT2D eigenvalue weighted by molar-refractivity contribution is 0.0997. The van der Waals surface area contributed by atoms with Crippen molar-refractivity contribution in [3.63, 3.8) is 0 Å². The van der Waals surface area contributed by atoms with Gasteiger partial charge in [0.1, 0.15) is 5.75 Å². The van der Waals surface area contributed by atoms with E-state index in [1.807, 2.05) is 29.7 Å². The minimum atomic E-state index is -3.59. The highest BCUT2D eigenvalue weighted by atomic mass is 32.2. The van der Waals surface area contributed by atoms with Crippen molar-refractivity contribution < 1.29 is 22.7 Å². The van der Waals surface area contributed by atoms with Crippen LogP contribution in [0.2, 0.25) is 0 Å². The molecule has 10 heteroatoms. The molecule has 1 fully saturated rings. The molecule has 0 saturated carbocycles. The first kappa shape index (κ1) is 24.6. The zero-order valence-corrected chi connectivity index (χ0v) is 21.2. The molecule has 0 bridgehead atoms. The largest absolute Gasteiger partial charge is 0.497 e. The number of piperidine rings is 1.